The van der Waals surface area contributed by atoms with E-state index >= 15 is 0 Å². The Morgan fingerprint density at radius 3 is 2.40 bits per heavy atom. The van der Waals surface area contributed by atoms with Crippen LogP contribution < -0.4 is 0 Å². The maximum atomic E-state index is 5.83. The van der Waals surface area contributed by atoms with Crippen molar-refractivity contribution in [1.29, 1.82) is 0 Å². The van der Waals surface area contributed by atoms with Crippen molar-refractivity contribution in [2.45, 2.75) is 12.8 Å². The molecule has 1 nitrogen and oxygen atoms in total. The Hall–Kier alpha value is -0.790. The normalized spacial score (nSPS) is 10.7. The Kier molecular flexibility index (Phi) is 4.86. The lowest BCUT2D eigenvalue weighted by Crippen LogP contribution is -2.12. The largest absolute Gasteiger partial charge is 0.309 e. The highest BCUT2D eigenvalue weighted by molar-refractivity contribution is 6.30. The highest BCUT2D eigenvalue weighted by atomic mass is 35.5. The van der Waals surface area contributed by atoms with Crippen LogP contribution in [0.15, 0.2) is 30.8 Å². The Labute approximate surface area is 97.4 Å². The van der Waals surface area contributed by atoms with Gasteiger partial charge in [0.25, 0.3) is 0 Å². The molecule has 0 heterocycles. The molecular weight excluding hydrogens is 206 g/mol. The highest BCUT2D eigenvalue weighted by Crippen LogP contribution is 2.19. The number of halogens is 1. The Balaban J connectivity index is 2.43. The molecule has 0 bridgehead atoms. The summed E-state index contributed by atoms with van der Waals surface area (Å²) in [5, 5.41) is 0.778. The lowest BCUT2D eigenvalue weighted by Gasteiger charge is -2.10. The molecule has 0 fully saturated rings. The summed E-state index contributed by atoms with van der Waals surface area (Å²) in [5.41, 5.74) is 2.38. The van der Waals surface area contributed by atoms with Crippen molar-refractivity contribution in [1.82, 2.24) is 4.90 Å². The van der Waals surface area contributed by atoms with Gasteiger partial charge in [-0.2, -0.15) is 0 Å². The third kappa shape index (κ3) is 4.50. The first-order valence-corrected chi connectivity index (χ1v) is 5.56. The zero-order valence-corrected chi connectivity index (χ0v) is 10.2. The third-order valence-electron chi connectivity index (χ3n) is 2.34. The smallest absolute Gasteiger partial charge is 0.0406 e. The standard InChI is InChI=1S/C13H18ClN/c1-11(5-4-10-15(2)3)12-6-8-13(14)9-7-12/h6-9H,1,4-5,10H2,2-3H3. The van der Waals surface area contributed by atoms with E-state index in [9.17, 15) is 0 Å². The average molecular weight is 224 g/mol. The van der Waals surface area contributed by atoms with Gasteiger partial charge in [0.1, 0.15) is 0 Å². The topological polar surface area (TPSA) is 3.24 Å². The predicted molar refractivity (Wildman–Crippen MR) is 68.3 cm³/mol. The van der Waals surface area contributed by atoms with Crippen molar-refractivity contribution in [2.24, 2.45) is 0 Å². The summed E-state index contributed by atoms with van der Waals surface area (Å²) >= 11 is 5.83. The molecule has 1 aromatic carbocycles. The second-order valence-corrected chi connectivity index (χ2v) is 4.45. The molecule has 0 N–H and O–H groups in total. The highest BCUT2D eigenvalue weighted by Gasteiger charge is 1.99. The lowest BCUT2D eigenvalue weighted by atomic mass is 10.0. The third-order valence-corrected chi connectivity index (χ3v) is 2.59. The van der Waals surface area contributed by atoms with Gasteiger partial charge >= 0.3 is 0 Å². The molecular formula is C13H18ClN. The molecule has 82 valence electrons. The van der Waals surface area contributed by atoms with Crippen LogP contribution in [0.2, 0.25) is 5.02 Å². The monoisotopic (exact) mass is 223 g/mol. The van der Waals surface area contributed by atoms with Gasteiger partial charge in [-0.05, 0) is 56.8 Å². The first kappa shape index (κ1) is 12.3. The minimum atomic E-state index is 0.778. The van der Waals surface area contributed by atoms with E-state index in [1.54, 1.807) is 0 Å². The van der Waals surface area contributed by atoms with Gasteiger partial charge in [0.2, 0.25) is 0 Å². The summed E-state index contributed by atoms with van der Waals surface area (Å²) in [6, 6.07) is 7.88. The zero-order chi connectivity index (χ0) is 11.3. The Bertz CT molecular complexity index is 314. The predicted octanol–water partition coefficient (Wildman–Crippen LogP) is 3.70. The van der Waals surface area contributed by atoms with Crippen molar-refractivity contribution in [3.05, 3.63) is 41.4 Å². The molecule has 0 aliphatic heterocycles. The maximum Gasteiger partial charge on any atom is 0.0406 e. The van der Waals surface area contributed by atoms with E-state index in [1.807, 2.05) is 24.3 Å². The quantitative estimate of drug-likeness (QED) is 0.736. The second-order valence-electron chi connectivity index (χ2n) is 4.02. The van der Waals surface area contributed by atoms with Gasteiger partial charge in [-0.3, -0.25) is 0 Å². The van der Waals surface area contributed by atoms with Crippen molar-refractivity contribution in [3.8, 4) is 0 Å². The maximum absolute atomic E-state index is 5.83. The number of hydrogen-bond acceptors (Lipinski definition) is 1. The molecule has 0 saturated carbocycles. The lowest BCUT2D eigenvalue weighted by molar-refractivity contribution is 0.403. The molecule has 0 saturated heterocycles. The van der Waals surface area contributed by atoms with Crippen LogP contribution in [0.3, 0.4) is 0 Å². The molecule has 0 atom stereocenters. The SMILES string of the molecule is C=C(CCCN(C)C)c1ccc(Cl)cc1. The molecule has 0 aliphatic rings. The number of hydrogen-bond donors (Lipinski definition) is 0. The summed E-state index contributed by atoms with van der Waals surface area (Å²) < 4.78 is 0. The molecule has 0 amide bonds. The summed E-state index contributed by atoms with van der Waals surface area (Å²) in [5.74, 6) is 0. The van der Waals surface area contributed by atoms with Crippen LogP contribution in [0.25, 0.3) is 5.57 Å². The summed E-state index contributed by atoms with van der Waals surface area (Å²) in [7, 11) is 4.18. The van der Waals surface area contributed by atoms with Gasteiger partial charge < -0.3 is 4.90 Å². The van der Waals surface area contributed by atoms with Gasteiger partial charge in [-0.15, -0.1) is 0 Å². The van der Waals surface area contributed by atoms with Gasteiger partial charge in [-0.25, -0.2) is 0 Å². The van der Waals surface area contributed by atoms with Gasteiger partial charge in [-0.1, -0.05) is 30.3 Å². The molecule has 0 spiro atoms. The molecule has 0 radical (unpaired) electrons. The molecule has 0 unspecified atom stereocenters. The number of nitrogens with zero attached hydrogens (tertiary/aromatic N) is 1. The van der Waals surface area contributed by atoms with E-state index in [0.29, 0.717) is 0 Å². The fourth-order valence-corrected chi connectivity index (χ4v) is 1.56. The van der Waals surface area contributed by atoms with Crippen molar-refractivity contribution < 1.29 is 0 Å². The minimum Gasteiger partial charge on any atom is -0.309 e. The molecule has 2 heteroatoms. The molecule has 1 rings (SSSR count). The molecule has 1 aromatic rings. The minimum absolute atomic E-state index is 0.778. The van der Waals surface area contributed by atoms with Crippen LogP contribution in [0.1, 0.15) is 18.4 Å². The van der Waals surface area contributed by atoms with E-state index in [-0.39, 0.29) is 0 Å². The Morgan fingerprint density at radius 1 is 1.27 bits per heavy atom. The van der Waals surface area contributed by atoms with Gasteiger partial charge in [0.15, 0.2) is 0 Å². The number of rotatable bonds is 5. The van der Waals surface area contributed by atoms with Crippen LogP contribution in [0.5, 0.6) is 0 Å². The number of allylic oxidation sites excluding steroid dienone is 1. The molecule has 0 aliphatic carbocycles. The zero-order valence-electron chi connectivity index (χ0n) is 9.46. The van der Waals surface area contributed by atoms with Crippen LogP contribution in [0.4, 0.5) is 0 Å². The number of benzene rings is 1. The van der Waals surface area contributed by atoms with E-state index in [0.717, 1.165) is 24.4 Å². The first-order valence-electron chi connectivity index (χ1n) is 5.18. The van der Waals surface area contributed by atoms with Crippen molar-refractivity contribution in [2.75, 3.05) is 20.6 Å². The van der Waals surface area contributed by atoms with E-state index in [4.69, 9.17) is 11.6 Å². The Morgan fingerprint density at radius 2 is 1.87 bits per heavy atom. The van der Waals surface area contributed by atoms with Crippen LogP contribution in [0, 0.1) is 0 Å². The molecule has 0 aromatic heterocycles. The fraction of sp³-hybridized carbons (Fsp3) is 0.385. The van der Waals surface area contributed by atoms with Crippen LogP contribution >= 0.6 is 11.6 Å². The van der Waals surface area contributed by atoms with Crippen LogP contribution in [-0.4, -0.2) is 25.5 Å². The molecule has 15 heavy (non-hydrogen) atoms. The van der Waals surface area contributed by atoms with Gasteiger partial charge in [0, 0.05) is 5.02 Å². The fourth-order valence-electron chi connectivity index (χ4n) is 1.44. The van der Waals surface area contributed by atoms with E-state index in [1.165, 1.54) is 11.1 Å². The van der Waals surface area contributed by atoms with E-state index < -0.39 is 0 Å². The van der Waals surface area contributed by atoms with E-state index in [2.05, 4.69) is 25.6 Å². The average Bonchev–Trinajstić information content (AvgIpc) is 2.18. The second kappa shape index (κ2) is 5.94. The van der Waals surface area contributed by atoms with Crippen molar-refractivity contribution in [3.63, 3.8) is 0 Å². The summed E-state index contributed by atoms with van der Waals surface area (Å²) in [4.78, 5) is 2.19. The first-order chi connectivity index (χ1) is 7.09. The van der Waals surface area contributed by atoms with Crippen LogP contribution in [-0.2, 0) is 0 Å². The van der Waals surface area contributed by atoms with Gasteiger partial charge in [0.05, 0.1) is 0 Å². The summed E-state index contributed by atoms with van der Waals surface area (Å²) in [6.07, 6.45) is 2.19. The summed E-state index contributed by atoms with van der Waals surface area (Å²) in [6.45, 7) is 5.19. The van der Waals surface area contributed by atoms with Crippen molar-refractivity contribution >= 4 is 17.2 Å².